The first-order valence-corrected chi connectivity index (χ1v) is 6.36. The molecular weight excluding hydrogens is 204 g/mol. The molecule has 2 aliphatic rings. The van der Waals surface area contributed by atoms with E-state index in [1.54, 1.807) is 0 Å². The molecule has 0 radical (unpaired) electrons. The van der Waals surface area contributed by atoms with Crippen LogP contribution in [-0.2, 0) is 4.79 Å². The Morgan fingerprint density at radius 2 is 2.12 bits per heavy atom. The third-order valence-electron chi connectivity index (χ3n) is 3.73. The van der Waals surface area contributed by atoms with Gasteiger partial charge in [-0.1, -0.05) is 0 Å². The minimum Gasteiger partial charge on any atom is -0.392 e. The van der Waals surface area contributed by atoms with Crippen molar-refractivity contribution in [3.05, 3.63) is 0 Å². The monoisotopic (exact) mass is 226 g/mol. The first-order valence-electron chi connectivity index (χ1n) is 6.36. The summed E-state index contributed by atoms with van der Waals surface area (Å²) >= 11 is 0. The summed E-state index contributed by atoms with van der Waals surface area (Å²) in [5.41, 5.74) is 0. The van der Waals surface area contributed by atoms with Crippen LogP contribution in [-0.4, -0.2) is 59.1 Å². The van der Waals surface area contributed by atoms with E-state index in [0.717, 1.165) is 32.4 Å². The van der Waals surface area contributed by atoms with Gasteiger partial charge in [-0.05, 0) is 32.6 Å². The predicted molar refractivity (Wildman–Crippen MR) is 62.1 cm³/mol. The number of likely N-dealkylation sites (tertiary alicyclic amines) is 2. The first-order chi connectivity index (χ1) is 7.66. The number of nitrogens with zero attached hydrogens (tertiary/aromatic N) is 2. The van der Waals surface area contributed by atoms with E-state index in [9.17, 15) is 9.90 Å². The van der Waals surface area contributed by atoms with Crippen molar-refractivity contribution in [1.82, 2.24) is 9.80 Å². The number of aliphatic hydroxyl groups excluding tert-OH is 1. The number of aliphatic hydroxyl groups is 1. The third-order valence-corrected chi connectivity index (χ3v) is 3.73. The molecule has 0 aromatic carbocycles. The molecule has 1 N–H and O–H groups in total. The minimum absolute atomic E-state index is 0.230. The van der Waals surface area contributed by atoms with Gasteiger partial charge in [0.1, 0.15) is 0 Å². The molecule has 0 aromatic heterocycles. The summed E-state index contributed by atoms with van der Waals surface area (Å²) in [7, 11) is 0. The van der Waals surface area contributed by atoms with Gasteiger partial charge in [-0.15, -0.1) is 0 Å². The lowest BCUT2D eigenvalue weighted by Gasteiger charge is -2.34. The van der Waals surface area contributed by atoms with Crippen LogP contribution in [0.25, 0.3) is 0 Å². The fourth-order valence-corrected chi connectivity index (χ4v) is 2.71. The molecule has 2 rings (SSSR count). The van der Waals surface area contributed by atoms with Crippen molar-refractivity contribution in [3.8, 4) is 0 Å². The van der Waals surface area contributed by atoms with E-state index < -0.39 is 0 Å². The molecule has 2 fully saturated rings. The van der Waals surface area contributed by atoms with Crippen LogP contribution in [0.2, 0.25) is 0 Å². The van der Waals surface area contributed by atoms with Gasteiger partial charge in [0.15, 0.2) is 0 Å². The van der Waals surface area contributed by atoms with Crippen molar-refractivity contribution in [1.29, 1.82) is 0 Å². The number of hydrogen-bond acceptors (Lipinski definition) is 3. The summed E-state index contributed by atoms with van der Waals surface area (Å²) in [6.45, 7) is 5.05. The molecule has 0 bridgehead atoms. The van der Waals surface area contributed by atoms with Gasteiger partial charge in [0.2, 0.25) is 5.91 Å². The number of piperidine rings is 1. The summed E-state index contributed by atoms with van der Waals surface area (Å²) in [6, 6.07) is 0.397. The normalized spacial score (nSPS) is 32.0. The smallest absolute Gasteiger partial charge is 0.236 e. The topological polar surface area (TPSA) is 43.8 Å². The van der Waals surface area contributed by atoms with E-state index in [0.29, 0.717) is 19.1 Å². The lowest BCUT2D eigenvalue weighted by Crippen LogP contribution is -2.46. The minimum atomic E-state index is -0.230. The highest BCUT2D eigenvalue weighted by Gasteiger charge is 2.27. The van der Waals surface area contributed by atoms with Crippen molar-refractivity contribution < 1.29 is 9.90 Å². The molecule has 1 amide bonds. The zero-order valence-corrected chi connectivity index (χ0v) is 10.1. The van der Waals surface area contributed by atoms with Gasteiger partial charge >= 0.3 is 0 Å². The van der Waals surface area contributed by atoms with Crippen LogP contribution >= 0.6 is 0 Å². The molecule has 16 heavy (non-hydrogen) atoms. The van der Waals surface area contributed by atoms with Gasteiger partial charge in [-0.2, -0.15) is 0 Å². The highest BCUT2D eigenvalue weighted by molar-refractivity contribution is 5.78. The molecule has 2 heterocycles. The zero-order chi connectivity index (χ0) is 11.5. The lowest BCUT2D eigenvalue weighted by molar-refractivity contribution is -0.135. The average Bonchev–Trinajstić information content (AvgIpc) is 2.64. The molecule has 2 atom stereocenters. The number of carbonyl (C=O) groups excluding carboxylic acids is 1. The quantitative estimate of drug-likeness (QED) is 0.743. The van der Waals surface area contributed by atoms with Crippen molar-refractivity contribution in [2.75, 3.05) is 26.2 Å². The number of carbonyl (C=O) groups is 1. The lowest BCUT2D eigenvalue weighted by atomic mass is 10.0. The van der Waals surface area contributed by atoms with Crippen LogP contribution < -0.4 is 0 Å². The Balaban J connectivity index is 1.82. The van der Waals surface area contributed by atoms with Gasteiger partial charge in [0.25, 0.3) is 0 Å². The molecule has 2 aliphatic heterocycles. The van der Waals surface area contributed by atoms with Gasteiger partial charge in [0, 0.05) is 25.7 Å². The van der Waals surface area contributed by atoms with Crippen molar-refractivity contribution >= 4 is 5.91 Å². The number of rotatable bonds is 2. The Labute approximate surface area is 97.2 Å². The van der Waals surface area contributed by atoms with E-state index in [2.05, 4.69) is 11.8 Å². The van der Waals surface area contributed by atoms with Crippen molar-refractivity contribution in [2.45, 2.75) is 44.8 Å². The summed E-state index contributed by atoms with van der Waals surface area (Å²) < 4.78 is 0. The van der Waals surface area contributed by atoms with Crippen LogP contribution in [0, 0.1) is 0 Å². The zero-order valence-electron chi connectivity index (χ0n) is 10.1. The van der Waals surface area contributed by atoms with Crippen molar-refractivity contribution in [2.24, 2.45) is 0 Å². The second-order valence-electron chi connectivity index (χ2n) is 5.11. The molecule has 4 heteroatoms. The highest BCUT2D eigenvalue weighted by Crippen LogP contribution is 2.17. The third kappa shape index (κ3) is 2.74. The van der Waals surface area contributed by atoms with E-state index >= 15 is 0 Å². The molecule has 0 aliphatic carbocycles. The SMILES string of the molecule is C[C@H]1CCCCN1C(=O)CN1CC[C@H](O)C1. The van der Waals surface area contributed by atoms with E-state index in [1.807, 2.05) is 4.90 Å². The van der Waals surface area contributed by atoms with E-state index in [-0.39, 0.29) is 12.0 Å². The summed E-state index contributed by atoms with van der Waals surface area (Å²) in [6.07, 6.45) is 4.09. The Morgan fingerprint density at radius 3 is 2.75 bits per heavy atom. The molecule has 2 saturated heterocycles. The Hall–Kier alpha value is -0.610. The second-order valence-corrected chi connectivity index (χ2v) is 5.11. The molecule has 0 spiro atoms. The molecular formula is C12H22N2O2. The van der Waals surface area contributed by atoms with Crippen LogP contribution in [0.4, 0.5) is 0 Å². The molecule has 0 saturated carbocycles. The maximum Gasteiger partial charge on any atom is 0.236 e. The standard InChI is InChI=1S/C12H22N2O2/c1-10-4-2-3-6-14(10)12(16)9-13-7-5-11(15)8-13/h10-11,15H,2-9H2,1H3/t10-,11-/m0/s1. The fourth-order valence-electron chi connectivity index (χ4n) is 2.71. The maximum absolute atomic E-state index is 12.1. The van der Waals surface area contributed by atoms with Crippen LogP contribution in [0.1, 0.15) is 32.6 Å². The molecule has 0 unspecified atom stereocenters. The maximum atomic E-state index is 12.1. The van der Waals surface area contributed by atoms with Crippen LogP contribution in [0.15, 0.2) is 0 Å². The van der Waals surface area contributed by atoms with Gasteiger partial charge < -0.3 is 10.0 Å². The Kier molecular flexibility index (Phi) is 3.82. The van der Waals surface area contributed by atoms with Crippen LogP contribution in [0.3, 0.4) is 0 Å². The fraction of sp³-hybridized carbons (Fsp3) is 0.917. The van der Waals surface area contributed by atoms with E-state index in [4.69, 9.17) is 0 Å². The summed E-state index contributed by atoms with van der Waals surface area (Å²) in [5, 5.41) is 9.41. The number of hydrogen-bond donors (Lipinski definition) is 1. The molecule has 0 aromatic rings. The molecule has 92 valence electrons. The van der Waals surface area contributed by atoms with Gasteiger partial charge in [0.05, 0.1) is 12.6 Å². The van der Waals surface area contributed by atoms with Crippen molar-refractivity contribution in [3.63, 3.8) is 0 Å². The van der Waals surface area contributed by atoms with Gasteiger partial charge in [-0.25, -0.2) is 0 Å². The van der Waals surface area contributed by atoms with Crippen LogP contribution in [0.5, 0.6) is 0 Å². The Bertz CT molecular complexity index is 257. The second kappa shape index (κ2) is 5.15. The first kappa shape index (κ1) is 11.9. The predicted octanol–water partition coefficient (Wildman–Crippen LogP) is 0.454. The van der Waals surface area contributed by atoms with E-state index in [1.165, 1.54) is 6.42 Å². The largest absolute Gasteiger partial charge is 0.392 e. The average molecular weight is 226 g/mol. The number of β-amino-alcohol motifs (C(OH)–C–C–N with tert-alkyl or cyclic N) is 1. The Morgan fingerprint density at radius 1 is 1.31 bits per heavy atom. The highest BCUT2D eigenvalue weighted by atomic mass is 16.3. The molecule has 4 nitrogen and oxygen atoms in total. The summed E-state index contributed by atoms with van der Waals surface area (Å²) in [4.78, 5) is 16.1. The summed E-state index contributed by atoms with van der Waals surface area (Å²) in [5.74, 6) is 0.237. The number of amides is 1. The van der Waals surface area contributed by atoms with Gasteiger partial charge in [-0.3, -0.25) is 9.69 Å².